The fourth-order valence-electron chi connectivity index (χ4n) is 3.44. The molecule has 2 amide bonds. The van der Waals surface area contributed by atoms with E-state index in [1.54, 1.807) is 36.0 Å². The van der Waals surface area contributed by atoms with Gasteiger partial charge in [0.05, 0.1) is 20.3 Å². The summed E-state index contributed by atoms with van der Waals surface area (Å²) in [5, 5.41) is 0. The fraction of sp³-hybridized carbons (Fsp3) is 0.417. The molecule has 32 heavy (non-hydrogen) atoms. The summed E-state index contributed by atoms with van der Waals surface area (Å²) in [4.78, 5) is 28.3. The predicted octanol–water partition coefficient (Wildman–Crippen LogP) is 3.59. The van der Waals surface area contributed by atoms with Crippen LogP contribution in [0.1, 0.15) is 29.8 Å². The Kier molecular flexibility index (Phi) is 8.19. The highest BCUT2D eigenvalue weighted by molar-refractivity contribution is 5.94. The van der Waals surface area contributed by atoms with Crippen molar-refractivity contribution in [3.05, 3.63) is 53.6 Å². The van der Waals surface area contributed by atoms with E-state index in [1.807, 2.05) is 37.3 Å². The molecule has 8 heteroatoms. The van der Waals surface area contributed by atoms with Crippen molar-refractivity contribution in [3.8, 4) is 17.2 Å². The quantitative estimate of drug-likeness (QED) is 0.622. The van der Waals surface area contributed by atoms with Crippen molar-refractivity contribution in [2.24, 2.45) is 0 Å². The number of methoxy groups -OCH3 is 1. The van der Waals surface area contributed by atoms with Crippen LogP contribution in [0.25, 0.3) is 0 Å². The highest BCUT2D eigenvalue weighted by Crippen LogP contribution is 2.25. The number of carbonyl (C=O) groups is 2. The van der Waals surface area contributed by atoms with Gasteiger partial charge in [-0.2, -0.15) is 0 Å². The van der Waals surface area contributed by atoms with E-state index in [9.17, 15) is 9.59 Å². The van der Waals surface area contributed by atoms with E-state index >= 15 is 0 Å². The fourth-order valence-corrected chi connectivity index (χ4v) is 3.44. The first-order valence-corrected chi connectivity index (χ1v) is 10.8. The molecule has 2 aromatic carbocycles. The highest BCUT2D eigenvalue weighted by atomic mass is 16.6. The van der Waals surface area contributed by atoms with Crippen LogP contribution in [0.5, 0.6) is 17.2 Å². The second-order valence-electron chi connectivity index (χ2n) is 7.20. The number of ether oxygens (including phenoxy) is 4. The summed E-state index contributed by atoms with van der Waals surface area (Å²) >= 11 is 0. The molecule has 172 valence electrons. The molecular weight excluding hydrogens is 412 g/mol. The molecule has 2 aromatic rings. The minimum absolute atomic E-state index is 0.0812. The number of hydrogen-bond acceptors (Lipinski definition) is 6. The molecular formula is C24H30N2O6. The predicted molar refractivity (Wildman–Crippen MR) is 119 cm³/mol. The maximum atomic E-state index is 13.1. The van der Waals surface area contributed by atoms with E-state index in [0.717, 1.165) is 11.3 Å². The summed E-state index contributed by atoms with van der Waals surface area (Å²) < 4.78 is 21.8. The number of hydrogen-bond donors (Lipinski definition) is 0. The first-order chi connectivity index (χ1) is 15.5. The van der Waals surface area contributed by atoms with Crippen LogP contribution in [-0.4, -0.2) is 68.3 Å². The van der Waals surface area contributed by atoms with Crippen LogP contribution >= 0.6 is 0 Å². The lowest BCUT2D eigenvalue weighted by Crippen LogP contribution is -2.50. The van der Waals surface area contributed by atoms with Gasteiger partial charge in [-0.05, 0) is 56.3 Å². The van der Waals surface area contributed by atoms with Crippen LogP contribution in [0, 0.1) is 0 Å². The first kappa shape index (κ1) is 23.2. The Morgan fingerprint density at radius 3 is 2.12 bits per heavy atom. The van der Waals surface area contributed by atoms with Gasteiger partial charge in [0, 0.05) is 37.3 Å². The lowest BCUT2D eigenvalue weighted by molar-refractivity contribution is 0.0570. The van der Waals surface area contributed by atoms with E-state index in [1.165, 1.54) is 0 Å². The molecule has 0 aliphatic carbocycles. The Bertz CT molecular complexity index is 907. The third-order valence-electron chi connectivity index (χ3n) is 5.15. The first-order valence-electron chi connectivity index (χ1n) is 10.8. The number of benzene rings is 2. The average molecular weight is 443 g/mol. The molecule has 1 aliphatic rings. The standard InChI is InChI=1S/C24H30N2O6/c1-4-30-22-11-6-18(16-19(22)17-32-21-9-7-20(29-3)8-10-21)23(27)25-12-14-26(15-13-25)24(28)31-5-2/h6-11,16H,4-5,12-15,17H2,1-3H3. The SMILES string of the molecule is CCOC(=O)N1CCN(C(=O)c2ccc(OCC)c(COc3ccc(OC)cc3)c2)CC1. The summed E-state index contributed by atoms with van der Waals surface area (Å²) in [5.41, 5.74) is 1.35. The van der Waals surface area contributed by atoms with Gasteiger partial charge < -0.3 is 28.7 Å². The molecule has 3 rings (SSSR count). The molecule has 0 radical (unpaired) electrons. The van der Waals surface area contributed by atoms with Gasteiger partial charge in [0.2, 0.25) is 0 Å². The average Bonchev–Trinajstić information content (AvgIpc) is 2.83. The van der Waals surface area contributed by atoms with Gasteiger partial charge in [-0.15, -0.1) is 0 Å². The second-order valence-corrected chi connectivity index (χ2v) is 7.20. The lowest BCUT2D eigenvalue weighted by atomic mass is 10.1. The molecule has 1 saturated heterocycles. The van der Waals surface area contributed by atoms with E-state index in [2.05, 4.69) is 0 Å². The van der Waals surface area contributed by atoms with Crippen LogP contribution in [0.2, 0.25) is 0 Å². The van der Waals surface area contributed by atoms with E-state index in [4.69, 9.17) is 18.9 Å². The van der Waals surface area contributed by atoms with Crippen LogP contribution in [0.4, 0.5) is 4.79 Å². The Hall–Kier alpha value is -3.42. The van der Waals surface area contributed by atoms with Crippen molar-refractivity contribution in [2.45, 2.75) is 20.5 Å². The number of rotatable bonds is 8. The molecule has 0 spiro atoms. The van der Waals surface area contributed by atoms with Crippen LogP contribution in [-0.2, 0) is 11.3 Å². The largest absolute Gasteiger partial charge is 0.497 e. The van der Waals surface area contributed by atoms with Gasteiger partial charge in [0.15, 0.2) is 0 Å². The molecule has 1 aliphatic heterocycles. The zero-order valence-electron chi connectivity index (χ0n) is 18.8. The normalized spacial score (nSPS) is 13.5. The smallest absolute Gasteiger partial charge is 0.409 e. The number of nitrogens with zero attached hydrogens (tertiary/aromatic N) is 2. The van der Waals surface area contributed by atoms with Gasteiger partial charge in [-0.25, -0.2) is 4.79 Å². The molecule has 0 N–H and O–H groups in total. The molecule has 1 fully saturated rings. The number of amides is 2. The van der Waals surface area contributed by atoms with Crippen LogP contribution < -0.4 is 14.2 Å². The molecule has 0 aromatic heterocycles. The zero-order chi connectivity index (χ0) is 22.9. The topological polar surface area (TPSA) is 77.5 Å². The summed E-state index contributed by atoms with van der Waals surface area (Å²) in [7, 11) is 1.61. The molecule has 0 bridgehead atoms. The summed E-state index contributed by atoms with van der Waals surface area (Å²) in [6.45, 7) is 6.63. The van der Waals surface area contributed by atoms with Gasteiger partial charge >= 0.3 is 6.09 Å². The highest BCUT2D eigenvalue weighted by Gasteiger charge is 2.26. The lowest BCUT2D eigenvalue weighted by Gasteiger charge is -2.34. The Morgan fingerprint density at radius 1 is 0.844 bits per heavy atom. The van der Waals surface area contributed by atoms with E-state index in [0.29, 0.717) is 56.5 Å². The second kappa shape index (κ2) is 11.3. The Balaban J connectivity index is 1.67. The van der Waals surface area contributed by atoms with Crippen molar-refractivity contribution in [2.75, 3.05) is 46.5 Å². The third-order valence-corrected chi connectivity index (χ3v) is 5.15. The Labute approximate surface area is 188 Å². The van der Waals surface area contributed by atoms with Crippen molar-refractivity contribution >= 4 is 12.0 Å². The van der Waals surface area contributed by atoms with E-state index in [-0.39, 0.29) is 18.6 Å². The third kappa shape index (κ3) is 5.84. The van der Waals surface area contributed by atoms with Crippen LogP contribution in [0.15, 0.2) is 42.5 Å². The Morgan fingerprint density at radius 2 is 1.50 bits per heavy atom. The van der Waals surface area contributed by atoms with Gasteiger partial charge in [0.25, 0.3) is 5.91 Å². The van der Waals surface area contributed by atoms with Gasteiger partial charge in [-0.1, -0.05) is 0 Å². The molecule has 8 nitrogen and oxygen atoms in total. The molecule has 0 atom stereocenters. The van der Waals surface area contributed by atoms with Gasteiger partial charge in [0.1, 0.15) is 23.9 Å². The van der Waals surface area contributed by atoms with E-state index < -0.39 is 0 Å². The maximum Gasteiger partial charge on any atom is 0.409 e. The van der Waals surface area contributed by atoms with Crippen molar-refractivity contribution in [1.29, 1.82) is 0 Å². The van der Waals surface area contributed by atoms with Crippen LogP contribution in [0.3, 0.4) is 0 Å². The zero-order valence-corrected chi connectivity index (χ0v) is 18.8. The minimum atomic E-state index is -0.335. The summed E-state index contributed by atoms with van der Waals surface area (Å²) in [6.07, 6.45) is -0.335. The monoisotopic (exact) mass is 442 g/mol. The summed E-state index contributed by atoms with van der Waals surface area (Å²) in [6, 6.07) is 12.7. The minimum Gasteiger partial charge on any atom is -0.497 e. The van der Waals surface area contributed by atoms with Gasteiger partial charge in [-0.3, -0.25) is 4.79 Å². The summed E-state index contributed by atoms with van der Waals surface area (Å²) in [5.74, 6) is 2.05. The van der Waals surface area contributed by atoms with Crippen molar-refractivity contribution in [1.82, 2.24) is 9.80 Å². The maximum absolute atomic E-state index is 13.1. The molecule has 0 saturated carbocycles. The molecule has 0 unspecified atom stereocenters. The van der Waals surface area contributed by atoms with Crippen molar-refractivity contribution < 1.29 is 28.5 Å². The number of carbonyl (C=O) groups excluding carboxylic acids is 2. The molecule has 1 heterocycles. The number of piperazine rings is 1. The van der Waals surface area contributed by atoms with Crippen molar-refractivity contribution in [3.63, 3.8) is 0 Å².